The molecule has 1 aromatic heterocycles. The predicted octanol–water partition coefficient (Wildman–Crippen LogP) is 5.39. The van der Waals surface area contributed by atoms with E-state index in [4.69, 9.17) is 0 Å². The minimum Gasteiger partial charge on any atom is -0.493 e. The van der Waals surface area contributed by atoms with Gasteiger partial charge in [0, 0.05) is 17.8 Å². The molecule has 0 unspecified atom stereocenters. The summed E-state index contributed by atoms with van der Waals surface area (Å²) in [4.78, 5) is 8.71. The maximum absolute atomic E-state index is 10.1. The zero-order valence-corrected chi connectivity index (χ0v) is 15.3. The molecule has 132 valence electrons. The van der Waals surface area contributed by atoms with E-state index in [1.165, 1.54) is 51.4 Å². The third kappa shape index (κ3) is 8.19. The van der Waals surface area contributed by atoms with E-state index < -0.39 is 0 Å². The maximum Gasteiger partial charge on any atom is 0.226 e. The summed E-state index contributed by atoms with van der Waals surface area (Å²) in [7, 11) is 0. The van der Waals surface area contributed by atoms with E-state index in [-0.39, 0.29) is 5.88 Å². The second kappa shape index (κ2) is 12.1. The van der Waals surface area contributed by atoms with Crippen LogP contribution in [0.4, 0.5) is 5.95 Å². The van der Waals surface area contributed by atoms with Crippen LogP contribution in [0.2, 0.25) is 0 Å². The molecule has 0 aliphatic rings. The van der Waals surface area contributed by atoms with Gasteiger partial charge >= 0.3 is 0 Å². The molecule has 1 rings (SSSR count). The number of unbranched alkanes of at least 4 members (excludes halogenated alkanes) is 8. The lowest BCUT2D eigenvalue weighted by Gasteiger charge is -2.10. The lowest BCUT2D eigenvalue weighted by Crippen LogP contribution is -2.08. The van der Waals surface area contributed by atoms with Gasteiger partial charge in [-0.05, 0) is 26.2 Å². The molecule has 0 saturated heterocycles. The summed E-state index contributed by atoms with van der Waals surface area (Å²) in [6, 6.07) is 0. The highest BCUT2D eigenvalue weighted by molar-refractivity contribution is 5.37. The Kier molecular flexibility index (Phi) is 10.4. The fraction of sp³-hybridized carbons (Fsp3) is 0.789. The van der Waals surface area contributed by atoms with Crippen LogP contribution in [0.25, 0.3) is 0 Å². The number of aromatic hydroxyl groups is 1. The van der Waals surface area contributed by atoms with Crippen molar-refractivity contribution in [3.8, 4) is 5.88 Å². The fourth-order valence-corrected chi connectivity index (χ4v) is 2.79. The van der Waals surface area contributed by atoms with E-state index in [1.54, 1.807) is 0 Å². The number of nitrogens with zero attached hydrogens (tertiary/aromatic N) is 2. The largest absolute Gasteiger partial charge is 0.493 e. The summed E-state index contributed by atoms with van der Waals surface area (Å²) in [5.74, 6) is 0.713. The highest BCUT2D eigenvalue weighted by Gasteiger charge is 2.10. The van der Waals surface area contributed by atoms with Gasteiger partial charge in [0.05, 0.1) is 0 Å². The van der Waals surface area contributed by atoms with Gasteiger partial charge in [-0.25, -0.2) is 4.98 Å². The van der Waals surface area contributed by atoms with Gasteiger partial charge in [-0.2, -0.15) is 4.98 Å². The SMILES string of the molecule is CCCCCCCCNc1nc(C)c(CCCCCC)c(O)n1. The zero-order chi connectivity index (χ0) is 16.9. The normalized spacial score (nSPS) is 10.9. The first kappa shape index (κ1) is 19.7. The number of hydrogen-bond acceptors (Lipinski definition) is 4. The number of aromatic nitrogens is 2. The van der Waals surface area contributed by atoms with Crippen LogP contribution in [0.5, 0.6) is 5.88 Å². The summed E-state index contributed by atoms with van der Waals surface area (Å²) in [5.41, 5.74) is 1.81. The van der Waals surface area contributed by atoms with E-state index in [0.717, 1.165) is 37.1 Å². The molecule has 4 nitrogen and oxygen atoms in total. The third-order valence-corrected chi connectivity index (χ3v) is 4.29. The Morgan fingerprint density at radius 2 is 1.43 bits per heavy atom. The number of rotatable bonds is 13. The smallest absolute Gasteiger partial charge is 0.226 e. The predicted molar refractivity (Wildman–Crippen MR) is 98.1 cm³/mol. The van der Waals surface area contributed by atoms with Crippen molar-refractivity contribution in [1.82, 2.24) is 9.97 Å². The Balaban J connectivity index is 2.34. The molecule has 0 saturated carbocycles. The lowest BCUT2D eigenvalue weighted by molar-refractivity contribution is 0.442. The van der Waals surface area contributed by atoms with Gasteiger partial charge in [0.2, 0.25) is 11.8 Å². The fourth-order valence-electron chi connectivity index (χ4n) is 2.79. The number of aryl methyl sites for hydroxylation is 1. The molecule has 4 heteroatoms. The molecular formula is C19H35N3O. The second-order valence-electron chi connectivity index (χ2n) is 6.44. The van der Waals surface area contributed by atoms with Gasteiger partial charge in [-0.15, -0.1) is 0 Å². The second-order valence-corrected chi connectivity index (χ2v) is 6.44. The molecule has 0 bridgehead atoms. The number of nitrogens with one attached hydrogen (secondary N) is 1. The summed E-state index contributed by atoms with van der Waals surface area (Å²) in [5, 5.41) is 13.4. The van der Waals surface area contributed by atoms with E-state index in [0.29, 0.717) is 5.95 Å². The van der Waals surface area contributed by atoms with Gasteiger partial charge in [0.15, 0.2) is 0 Å². The Labute approximate surface area is 142 Å². The minimum atomic E-state index is 0.152. The molecule has 0 aliphatic carbocycles. The van der Waals surface area contributed by atoms with Crippen molar-refractivity contribution in [2.45, 2.75) is 91.4 Å². The Hall–Kier alpha value is -1.32. The topological polar surface area (TPSA) is 58.0 Å². The van der Waals surface area contributed by atoms with Crippen molar-refractivity contribution >= 4 is 5.95 Å². The number of hydrogen-bond donors (Lipinski definition) is 2. The third-order valence-electron chi connectivity index (χ3n) is 4.29. The van der Waals surface area contributed by atoms with Crippen molar-refractivity contribution in [2.24, 2.45) is 0 Å². The highest BCUT2D eigenvalue weighted by atomic mass is 16.3. The first-order chi connectivity index (χ1) is 11.2. The van der Waals surface area contributed by atoms with Crippen LogP contribution in [0.3, 0.4) is 0 Å². The summed E-state index contributed by atoms with van der Waals surface area (Å²) < 4.78 is 0. The van der Waals surface area contributed by atoms with Crippen molar-refractivity contribution in [1.29, 1.82) is 0 Å². The average molecular weight is 322 g/mol. The zero-order valence-electron chi connectivity index (χ0n) is 15.3. The molecule has 0 fully saturated rings. The van der Waals surface area contributed by atoms with Crippen LogP contribution < -0.4 is 5.32 Å². The monoisotopic (exact) mass is 321 g/mol. The Morgan fingerprint density at radius 1 is 0.826 bits per heavy atom. The first-order valence-corrected chi connectivity index (χ1v) is 9.49. The summed E-state index contributed by atoms with van der Waals surface area (Å²) in [6.07, 6.45) is 13.3. The average Bonchev–Trinajstić information content (AvgIpc) is 2.52. The summed E-state index contributed by atoms with van der Waals surface area (Å²) >= 11 is 0. The molecule has 0 amide bonds. The molecule has 0 atom stereocenters. The van der Waals surface area contributed by atoms with Crippen molar-refractivity contribution in [3.05, 3.63) is 11.3 Å². The molecule has 0 spiro atoms. The lowest BCUT2D eigenvalue weighted by atomic mass is 10.1. The van der Waals surface area contributed by atoms with Crippen molar-refractivity contribution in [3.63, 3.8) is 0 Å². The standard InChI is InChI=1S/C19H35N3O/c1-4-6-8-10-11-13-15-20-19-21-16(3)17(18(23)22-19)14-12-9-7-5-2/h4-15H2,1-3H3,(H2,20,21,22,23). The van der Waals surface area contributed by atoms with Crippen LogP contribution in [0.15, 0.2) is 0 Å². The van der Waals surface area contributed by atoms with Gasteiger partial charge in [0.25, 0.3) is 0 Å². The Morgan fingerprint density at radius 3 is 2.09 bits per heavy atom. The summed E-state index contributed by atoms with van der Waals surface area (Å²) in [6.45, 7) is 7.28. The van der Waals surface area contributed by atoms with Gasteiger partial charge in [-0.3, -0.25) is 0 Å². The maximum atomic E-state index is 10.1. The molecule has 1 aromatic rings. The molecule has 0 aliphatic heterocycles. The molecule has 2 N–H and O–H groups in total. The Bertz CT molecular complexity index is 412. The van der Waals surface area contributed by atoms with E-state index in [2.05, 4.69) is 29.1 Å². The van der Waals surface area contributed by atoms with Crippen LogP contribution >= 0.6 is 0 Å². The molecule has 23 heavy (non-hydrogen) atoms. The minimum absolute atomic E-state index is 0.152. The van der Waals surface area contributed by atoms with E-state index in [1.807, 2.05) is 6.92 Å². The van der Waals surface area contributed by atoms with Gasteiger partial charge in [0.1, 0.15) is 0 Å². The van der Waals surface area contributed by atoms with Crippen molar-refractivity contribution in [2.75, 3.05) is 11.9 Å². The van der Waals surface area contributed by atoms with Crippen LogP contribution in [0, 0.1) is 6.92 Å². The van der Waals surface area contributed by atoms with Crippen LogP contribution in [-0.4, -0.2) is 21.6 Å². The quantitative estimate of drug-likeness (QED) is 0.478. The number of anilines is 1. The molecule has 0 radical (unpaired) electrons. The van der Waals surface area contributed by atoms with E-state index >= 15 is 0 Å². The molecule has 1 heterocycles. The van der Waals surface area contributed by atoms with Gasteiger partial charge in [-0.1, -0.05) is 65.2 Å². The van der Waals surface area contributed by atoms with E-state index in [9.17, 15) is 5.11 Å². The van der Waals surface area contributed by atoms with Crippen LogP contribution in [-0.2, 0) is 6.42 Å². The van der Waals surface area contributed by atoms with Crippen molar-refractivity contribution < 1.29 is 5.11 Å². The molecular weight excluding hydrogens is 286 g/mol. The molecule has 0 aromatic carbocycles. The van der Waals surface area contributed by atoms with Crippen LogP contribution in [0.1, 0.15) is 89.3 Å². The highest BCUT2D eigenvalue weighted by Crippen LogP contribution is 2.21. The van der Waals surface area contributed by atoms with Gasteiger partial charge < -0.3 is 10.4 Å². The first-order valence-electron chi connectivity index (χ1n) is 9.49.